The van der Waals surface area contributed by atoms with Gasteiger partial charge in [0.1, 0.15) is 11.3 Å². The number of ether oxygens (including phenoxy) is 3. The second kappa shape index (κ2) is 9.45. The number of nitrogens with one attached hydrogen (secondary N) is 1. The van der Waals surface area contributed by atoms with Crippen molar-refractivity contribution in [3.8, 4) is 17.2 Å². The summed E-state index contributed by atoms with van der Waals surface area (Å²) in [6.45, 7) is -0.441. The Kier molecular flexibility index (Phi) is 7.02. The molecule has 30 heavy (non-hydrogen) atoms. The van der Waals surface area contributed by atoms with E-state index in [4.69, 9.17) is 20.9 Å². The average Bonchev–Trinajstić information content (AvgIpc) is 2.70. The highest BCUT2D eigenvalue weighted by Crippen LogP contribution is 2.37. The van der Waals surface area contributed by atoms with Crippen LogP contribution in [0.4, 0.5) is 0 Å². The number of carbonyl (C=O) groups is 3. The summed E-state index contributed by atoms with van der Waals surface area (Å²) >= 11 is 0. The Hall–Kier alpha value is -4.02. The number of esters is 1. The van der Waals surface area contributed by atoms with Crippen molar-refractivity contribution in [2.45, 2.75) is 12.3 Å². The predicted molar refractivity (Wildman–Crippen MR) is 103 cm³/mol. The first-order chi connectivity index (χ1) is 14.2. The van der Waals surface area contributed by atoms with E-state index < -0.39 is 41.6 Å². The molecule has 0 bridgehead atoms. The molecule has 1 atom stereocenters. The summed E-state index contributed by atoms with van der Waals surface area (Å²) < 4.78 is 15.1. The molecule has 0 spiro atoms. The zero-order valence-electron chi connectivity index (χ0n) is 16.3. The van der Waals surface area contributed by atoms with Gasteiger partial charge in [-0.1, -0.05) is 6.07 Å². The lowest BCUT2D eigenvalue weighted by atomic mass is 9.87. The molecular weight excluding hydrogens is 398 g/mol. The van der Waals surface area contributed by atoms with Gasteiger partial charge in [-0.25, -0.2) is 4.79 Å². The van der Waals surface area contributed by atoms with Crippen LogP contribution >= 0.6 is 0 Å². The molecule has 0 saturated carbocycles. The van der Waals surface area contributed by atoms with Crippen molar-refractivity contribution in [1.82, 2.24) is 4.98 Å². The van der Waals surface area contributed by atoms with E-state index in [1.807, 2.05) is 0 Å². The van der Waals surface area contributed by atoms with E-state index in [-0.39, 0.29) is 29.0 Å². The SMILES string of the molecule is COC(=O)c1c[nH]c(=O)c([C@@H](CC(N)=O)c2ccc(OC)c(OCC(N)=O)c2)c1O. The predicted octanol–water partition coefficient (Wildman–Crippen LogP) is -0.253. The summed E-state index contributed by atoms with van der Waals surface area (Å²) in [5, 5.41) is 10.6. The Morgan fingerprint density at radius 1 is 1.13 bits per heavy atom. The quantitative estimate of drug-likeness (QED) is 0.401. The van der Waals surface area contributed by atoms with E-state index in [0.717, 1.165) is 13.3 Å². The van der Waals surface area contributed by atoms with Gasteiger partial charge < -0.3 is 35.8 Å². The molecule has 2 rings (SSSR count). The summed E-state index contributed by atoms with van der Waals surface area (Å²) in [4.78, 5) is 49.5. The first-order valence-electron chi connectivity index (χ1n) is 8.59. The minimum Gasteiger partial charge on any atom is -0.506 e. The molecule has 0 aliphatic carbocycles. The molecule has 0 unspecified atom stereocenters. The number of pyridine rings is 1. The topological polar surface area (TPSA) is 184 Å². The van der Waals surface area contributed by atoms with Crippen LogP contribution in [0, 0.1) is 0 Å². The number of nitrogens with two attached hydrogens (primary N) is 2. The van der Waals surface area contributed by atoms with Crippen molar-refractivity contribution < 1.29 is 33.7 Å². The number of primary amides is 2. The number of hydrogen-bond donors (Lipinski definition) is 4. The monoisotopic (exact) mass is 419 g/mol. The third-order valence-electron chi connectivity index (χ3n) is 4.22. The lowest BCUT2D eigenvalue weighted by molar-refractivity contribution is -0.120. The van der Waals surface area contributed by atoms with Crippen LogP contribution in [0.15, 0.2) is 29.2 Å². The maximum absolute atomic E-state index is 12.5. The average molecular weight is 419 g/mol. The summed E-state index contributed by atoms with van der Waals surface area (Å²) in [5.41, 5.74) is 9.48. The number of carbonyl (C=O) groups excluding carboxylic acids is 3. The number of aromatic amines is 1. The highest BCUT2D eigenvalue weighted by molar-refractivity contribution is 5.92. The fourth-order valence-corrected chi connectivity index (χ4v) is 2.88. The van der Waals surface area contributed by atoms with E-state index in [1.165, 1.54) is 25.3 Å². The van der Waals surface area contributed by atoms with Crippen molar-refractivity contribution in [2.75, 3.05) is 20.8 Å². The lowest BCUT2D eigenvalue weighted by Crippen LogP contribution is -2.24. The van der Waals surface area contributed by atoms with Crippen molar-refractivity contribution in [3.05, 3.63) is 51.4 Å². The van der Waals surface area contributed by atoms with Crippen LogP contribution in [0.1, 0.15) is 33.8 Å². The van der Waals surface area contributed by atoms with Gasteiger partial charge in [0.2, 0.25) is 5.91 Å². The molecule has 0 fully saturated rings. The van der Waals surface area contributed by atoms with Crippen molar-refractivity contribution in [3.63, 3.8) is 0 Å². The van der Waals surface area contributed by atoms with E-state index in [1.54, 1.807) is 0 Å². The van der Waals surface area contributed by atoms with Crippen molar-refractivity contribution in [1.29, 1.82) is 0 Å². The lowest BCUT2D eigenvalue weighted by Gasteiger charge is -2.19. The summed E-state index contributed by atoms with van der Waals surface area (Å²) in [6, 6.07) is 4.42. The van der Waals surface area contributed by atoms with Gasteiger partial charge in [-0.15, -0.1) is 0 Å². The van der Waals surface area contributed by atoms with Gasteiger partial charge in [0.25, 0.3) is 11.5 Å². The van der Waals surface area contributed by atoms with Crippen LogP contribution in [-0.2, 0) is 14.3 Å². The maximum Gasteiger partial charge on any atom is 0.343 e. The molecular formula is C19H21N3O8. The summed E-state index contributed by atoms with van der Waals surface area (Å²) in [5.74, 6) is -3.69. The normalized spacial score (nSPS) is 11.4. The molecule has 1 aromatic carbocycles. The molecule has 0 radical (unpaired) electrons. The number of methoxy groups -OCH3 is 2. The molecule has 0 saturated heterocycles. The molecule has 6 N–H and O–H groups in total. The van der Waals surface area contributed by atoms with Gasteiger partial charge in [0, 0.05) is 18.5 Å². The van der Waals surface area contributed by atoms with Crippen LogP contribution < -0.4 is 26.5 Å². The summed E-state index contributed by atoms with van der Waals surface area (Å²) in [7, 11) is 2.49. The number of aromatic nitrogens is 1. The van der Waals surface area contributed by atoms with Gasteiger partial charge >= 0.3 is 5.97 Å². The van der Waals surface area contributed by atoms with Gasteiger partial charge in [-0.3, -0.25) is 14.4 Å². The highest BCUT2D eigenvalue weighted by Gasteiger charge is 2.28. The number of amides is 2. The van der Waals surface area contributed by atoms with E-state index in [0.29, 0.717) is 5.56 Å². The minimum atomic E-state index is -1.04. The fraction of sp³-hybridized carbons (Fsp3) is 0.263. The first-order valence-corrected chi connectivity index (χ1v) is 8.59. The third kappa shape index (κ3) is 4.87. The molecule has 11 nitrogen and oxygen atoms in total. The first kappa shape index (κ1) is 22.3. The van der Waals surface area contributed by atoms with Crippen LogP contribution in [0.5, 0.6) is 17.2 Å². The molecule has 160 valence electrons. The van der Waals surface area contributed by atoms with Crippen LogP contribution in [0.3, 0.4) is 0 Å². The van der Waals surface area contributed by atoms with Crippen LogP contribution in [0.2, 0.25) is 0 Å². The van der Waals surface area contributed by atoms with Gasteiger partial charge in [-0.05, 0) is 17.7 Å². The number of rotatable bonds is 9. The van der Waals surface area contributed by atoms with Gasteiger partial charge in [-0.2, -0.15) is 0 Å². The number of hydrogen-bond acceptors (Lipinski definition) is 8. The Morgan fingerprint density at radius 3 is 2.40 bits per heavy atom. The molecule has 0 aliphatic rings. The highest BCUT2D eigenvalue weighted by atomic mass is 16.5. The zero-order valence-corrected chi connectivity index (χ0v) is 16.3. The molecule has 11 heteroatoms. The van der Waals surface area contributed by atoms with E-state index >= 15 is 0 Å². The van der Waals surface area contributed by atoms with Crippen LogP contribution in [-0.4, -0.2) is 48.7 Å². The minimum absolute atomic E-state index is 0.114. The Bertz CT molecular complexity index is 1030. The molecule has 1 aromatic heterocycles. The zero-order chi connectivity index (χ0) is 22.4. The molecule has 2 amide bonds. The fourth-order valence-electron chi connectivity index (χ4n) is 2.88. The molecule has 0 aliphatic heterocycles. The number of aromatic hydroxyl groups is 1. The Balaban J connectivity index is 2.66. The number of benzene rings is 1. The molecule has 2 aromatic rings. The van der Waals surface area contributed by atoms with Gasteiger partial charge in [0.05, 0.1) is 19.8 Å². The van der Waals surface area contributed by atoms with E-state index in [9.17, 15) is 24.3 Å². The standard InChI is InChI=1S/C19H21N3O8/c1-28-12-4-3-9(5-13(12)30-8-15(21)24)10(6-14(20)23)16-17(25)11(19(27)29-2)7-22-18(16)26/h3-5,7,10H,6,8H2,1-2H3,(H2,20,23)(H2,21,24)(H2,22,25,26)/t10-/m0/s1. The maximum atomic E-state index is 12.5. The smallest absolute Gasteiger partial charge is 0.343 e. The van der Waals surface area contributed by atoms with Gasteiger partial charge in [0.15, 0.2) is 18.1 Å². The summed E-state index contributed by atoms with van der Waals surface area (Å²) in [6.07, 6.45) is 0.632. The Morgan fingerprint density at radius 2 is 1.83 bits per heavy atom. The second-order valence-electron chi connectivity index (χ2n) is 6.17. The Labute approximate surface area is 170 Å². The van der Waals surface area contributed by atoms with E-state index in [2.05, 4.69) is 9.72 Å². The third-order valence-corrected chi connectivity index (χ3v) is 4.22. The second-order valence-corrected chi connectivity index (χ2v) is 6.17. The number of H-pyrrole nitrogens is 1. The van der Waals surface area contributed by atoms with Crippen LogP contribution in [0.25, 0.3) is 0 Å². The molecule has 1 heterocycles. The largest absolute Gasteiger partial charge is 0.506 e. The van der Waals surface area contributed by atoms with Crippen molar-refractivity contribution >= 4 is 17.8 Å². The van der Waals surface area contributed by atoms with Crippen molar-refractivity contribution in [2.24, 2.45) is 11.5 Å².